The number of aromatic hydroxyl groups is 1. The number of hydrogen-bond donors (Lipinski definition) is 3. The Kier molecular flexibility index (Phi) is 18.5. The topological polar surface area (TPSA) is 140 Å². The molecule has 4 aromatic rings. The Morgan fingerprint density at radius 3 is 1.41 bits per heavy atom. The van der Waals surface area contributed by atoms with Crippen molar-refractivity contribution in [1.82, 2.24) is 0 Å². The van der Waals surface area contributed by atoms with Crippen molar-refractivity contribution in [1.29, 1.82) is 0 Å². The standard InChI is InChI=1S/C21H21ClF3NO4.C14H18BrNO3.C7H4ClF3O/c1-12(27)14-7-13(8-16(9-14)26-19(28)30-20(2,3)4)11-29-18-6-5-15(10-17(18)22)21(23,24)25;1-9(17)11-5-10(8-15)6-12(7-11)16-13(18)19-14(2,3)4;8-5-3-4(7(9,10)11)1-2-6(5)12/h5-10H,11H2,1-4H3,(H,26,28);5-7H,8H2,1-4H3,(H,16,18);1-3,12H. The second kappa shape index (κ2) is 21.7. The van der Waals surface area contributed by atoms with Crippen molar-refractivity contribution in [2.45, 2.75) is 90.9 Å². The van der Waals surface area contributed by atoms with Crippen molar-refractivity contribution in [3.63, 3.8) is 0 Å². The lowest BCUT2D eigenvalue weighted by molar-refractivity contribution is -0.138. The minimum Gasteiger partial charge on any atom is -0.506 e. The van der Waals surface area contributed by atoms with E-state index >= 15 is 0 Å². The van der Waals surface area contributed by atoms with Gasteiger partial charge < -0.3 is 19.3 Å². The third kappa shape index (κ3) is 19.1. The molecule has 0 fully saturated rings. The van der Waals surface area contributed by atoms with Gasteiger partial charge in [-0.05, 0) is 139 Å². The molecule has 10 nitrogen and oxygen atoms in total. The van der Waals surface area contributed by atoms with Gasteiger partial charge in [-0.25, -0.2) is 9.59 Å². The van der Waals surface area contributed by atoms with Gasteiger partial charge >= 0.3 is 24.5 Å². The maximum absolute atomic E-state index is 12.7. The fourth-order valence-corrected chi connectivity index (χ4v) is 5.32. The van der Waals surface area contributed by atoms with Crippen LogP contribution < -0.4 is 15.4 Å². The van der Waals surface area contributed by atoms with Crippen molar-refractivity contribution in [2.75, 3.05) is 10.6 Å². The normalized spacial score (nSPS) is 11.5. The maximum atomic E-state index is 12.7. The fraction of sp³-hybridized carbons (Fsp3) is 0.333. The maximum Gasteiger partial charge on any atom is 0.416 e. The number of carbonyl (C=O) groups is 4. The fourth-order valence-electron chi connectivity index (χ4n) is 4.58. The van der Waals surface area contributed by atoms with E-state index in [9.17, 15) is 45.5 Å². The van der Waals surface area contributed by atoms with Crippen LogP contribution in [0.3, 0.4) is 0 Å². The molecule has 0 saturated heterocycles. The van der Waals surface area contributed by atoms with Gasteiger partial charge in [0.05, 0.1) is 21.2 Å². The minimum absolute atomic E-state index is 0.0463. The number of halogens is 9. The Morgan fingerprint density at radius 2 is 1.03 bits per heavy atom. The molecule has 0 atom stereocenters. The number of ketones is 2. The van der Waals surface area contributed by atoms with Crippen LogP contribution in [0, 0.1) is 0 Å². The number of phenols is 1. The second-order valence-electron chi connectivity index (χ2n) is 14.9. The number of nitrogens with one attached hydrogen (secondary N) is 2. The predicted octanol–water partition coefficient (Wildman–Crippen LogP) is 13.7. The molecule has 2 amide bonds. The molecule has 0 aromatic heterocycles. The summed E-state index contributed by atoms with van der Waals surface area (Å²) in [7, 11) is 0. The molecule has 0 heterocycles. The average Bonchev–Trinajstić information content (AvgIpc) is 3.10. The summed E-state index contributed by atoms with van der Waals surface area (Å²) in [4.78, 5) is 46.9. The van der Waals surface area contributed by atoms with Crippen molar-refractivity contribution >= 4 is 74.3 Å². The van der Waals surface area contributed by atoms with Crippen molar-refractivity contribution in [3.05, 3.63) is 116 Å². The quantitative estimate of drug-likeness (QED) is 0.0901. The lowest BCUT2D eigenvalue weighted by Gasteiger charge is -2.20. The first-order valence-corrected chi connectivity index (χ1v) is 19.7. The summed E-state index contributed by atoms with van der Waals surface area (Å²) >= 11 is 14.5. The van der Waals surface area contributed by atoms with Crippen LogP contribution in [-0.2, 0) is 33.8 Å². The zero-order valence-electron chi connectivity index (χ0n) is 34.0. The highest BCUT2D eigenvalue weighted by molar-refractivity contribution is 9.08. The van der Waals surface area contributed by atoms with E-state index < -0.39 is 46.9 Å². The monoisotopic (exact) mass is 966 g/mol. The van der Waals surface area contributed by atoms with Gasteiger partial charge in [-0.1, -0.05) is 39.1 Å². The van der Waals surface area contributed by atoms with Gasteiger partial charge in [-0.3, -0.25) is 20.2 Å². The first kappa shape index (κ1) is 52.1. The number of phenolic OH excluding ortho intramolecular Hbond substituents is 1. The third-order valence-corrected chi connectivity index (χ3v) is 8.42. The summed E-state index contributed by atoms with van der Waals surface area (Å²) < 4.78 is 90.0. The Bertz CT molecular complexity index is 2200. The third-order valence-electron chi connectivity index (χ3n) is 7.17. The number of benzene rings is 4. The molecule has 0 unspecified atom stereocenters. The van der Waals surface area contributed by atoms with Crippen LogP contribution in [0.4, 0.5) is 47.3 Å². The molecule has 0 aliphatic heterocycles. The van der Waals surface area contributed by atoms with Gasteiger partial charge in [0.2, 0.25) is 0 Å². The summed E-state index contributed by atoms with van der Waals surface area (Å²) in [6, 6.07) is 14.9. The SMILES string of the molecule is CC(=O)c1cc(CBr)cc(NC(=O)OC(C)(C)C)c1.CC(=O)c1cc(COc2ccc(C(F)(F)F)cc2Cl)cc(NC(=O)OC(C)(C)C)c1.Oc1ccc(C(F)(F)F)cc1Cl. The first-order valence-electron chi connectivity index (χ1n) is 17.8. The molecule has 3 N–H and O–H groups in total. The van der Waals surface area contributed by atoms with E-state index in [4.69, 9.17) is 42.5 Å². The summed E-state index contributed by atoms with van der Waals surface area (Å²) in [6.45, 7) is 13.3. The van der Waals surface area contributed by atoms with Gasteiger partial charge in [0, 0.05) is 27.8 Å². The summed E-state index contributed by atoms with van der Waals surface area (Å²) in [6.07, 6.45) is -10.2. The Morgan fingerprint density at radius 1 is 0.623 bits per heavy atom. The summed E-state index contributed by atoms with van der Waals surface area (Å²) in [5.74, 6) is -0.587. The molecule has 332 valence electrons. The smallest absolute Gasteiger partial charge is 0.416 e. The Hall–Kier alpha value is -5.00. The molecule has 0 aliphatic rings. The van der Waals surface area contributed by atoms with Crippen LogP contribution in [0.1, 0.15) is 98.4 Å². The molecular formula is C42H43BrCl2F6N2O8. The van der Waals surface area contributed by atoms with Gasteiger partial charge in [0.1, 0.15) is 29.3 Å². The number of ether oxygens (including phenoxy) is 3. The molecule has 0 saturated carbocycles. The van der Waals surface area contributed by atoms with E-state index in [1.165, 1.54) is 19.9 Å². The number of amides is 2. The van der Waals surface area contributed by atoms with Crippen molar-refractivity contribution in [3.8, 4) is 11.5 Å². The van der Waals surface area contributed by atoms with Gasteiger partial charge in [0.25, 0.3) is 0 Å². The van der Waals surface area contributed by atoms with E-state index in [0.717, 1.165) is 35.9 Å². The van der Waals surface area contributed by atoms with Crippen LogP contribution in [0.25, 0.3) is 0 Å². The summed E-state index contributed by atoms with van der Waals surface area (Å²) in [5.41, 5.74) is 0.152. The molecule has 0 aliphatic carbocycles. The molecule has 0 radical (unpaired) electrons. The van der Waals surface area contributed by atoms with E-state index in [-0.39, 0.29) is 39.7 Å². The highest BCUT2D eigenvalue weighted by atomic mass is 79.9. The van der Waals surface area contributed by atoms with Gasteiger partial charge in [-0.2, -0.15) is 26.3 Å². The van der Waals surface area contributed by atoms with E-state index in [1.54, 1.807) is 71.9 Å². The van der Waals surface area contributed by atoms with Crippen molar-refractivity contribution < 1.29 is 64.8 Å². The van der Waals surface area contributed by atoms with Crippen LogP contribution in [0.5, 0.6) is 11.5 Å². The van der Waals surface area contributed by atoms with Crippen LogP contribution in [0.15, 0.2) is 72.8 Å². The summed E-state index contributed by atoms with van der Waals surface area (Å²) in [5, 5.41) is 14.1. The van der Waals surface area contributed by atoms with E-state index in [0.29, 0.717) is 39.5 Å². The van der Waals surface area contributed by atoms with Crippen LogP contribution in [-0.4, -0.2) is 40.1 Å². The Balaban J connectivity index is 0.000000351. The molecule has 19 heteroatoms. The van der Waals surface area contributed by atoms with Gasteiger partial charge in [-0.15, -0.1) is 0 Å². The average molecular weight is 969 g/mol. The highest BCUT2D eigenvalue weighted by Gasteiger charge is 2.32. The predicted molar refractivity (Wildman–Crippen MR) is 224 cm³/mol. The largest absolute Gasteiger partial charge is 0.506 e. The van der Waals surface area contributed by atoms with Crippen molar-refractivity contribution in [2.24, 2.45) is 0 Å². The van der Waals surface area contributed by atoms with Crippen LogP contribution in [0.2, 0.25) is 10.0 Å². The zero-order valence-corrected chi connectivity index (χ0v) is 37.1. The number of hydrogen-bond acceptors (Lipinski definition) is 8. The second-order valence-corrected chi connectivity index (χ2v) is 16.3. The zero-order chi connectivity index (χ0) is 46.7. The number of Topliss-reactive ketones (excluding diaryl/α,β-unsaturated/α-hetero) is 2. The first-order chi connectivity index (χ1) is 27.9. The molecule has 0 bridgehead atoms. The van der Waals surface area contributed by atoms with E-state index in [2.05, 4.69) is 26.6 Å². The minimum atomic E-state index is -4.51. The molecule has 61 heavy (non-hydrogen) atoms. The van der Waals surface area contributed by atoms with E-state index in [1.807, 2.05) is 0 Å². The van der Waals surface area contributed by atoms with Crippen LogP contribution >= 0.6 is 39.1 Å². The number of alkyl halides is 7. The number of carbonyl (C=O) groups excluding carboxylic acids is 4. The van der Waals surface area contributed by atoms with Gasteiger partial charge in [0.15, 0.2) is 11.6 Å². The number of anilines is 2. The lowest BCUT2D eigenvalue weighted by Crippen LogP contribution is -2.27. The molecule has 4 rings (SSSR count). The Labute approximate surface area is 367 Å². The highest BCUT2D eigenvalue weighted by Crippen LogP contribution is 2.36. The molecular weight excluding hydrogens is 925 g/mol. The lowest BCUT2D eigenvalue weighted by atomic mass is 10.1. The molecule has 0 spiro atoms. The molecule has 4 aromatic carbocycles. The number of rotatable bonds is 8.